The van der Waals surface area contributed by atoms with Crippen LogP contribution in [0.15, 0.2) is 24.3 Å². The van der Waals surface area contributed by atoms with Crippen LogP contribution in [-0.4, -0.2) is 45.7 Å². The molecule has 0 saturated carbocycles. The van der Waals surface area contributed by atoms with Gasteiger partial charge in [-0.15, -0.1) is 0 Å². The van der Waals surface area contributed by atoms with Crippen molar-refractivity contribution in [2.45, 2.75) is 25.5 Å². The van der Waals surface area contributed by atoms with Crippen LogP contribution < -0.4 is 0 Å². The molecular weight excluding hydrogens is 234 g/mol. The highest BCUT2D eigenvalue weighted by atomic mass is 16.4. The number of hydrogen-bond donors (Lipinski definition) is 2. The molecule has 1 heterocycles. The van der Waals surface area contributed by atoms with Crippen molar-refractivity contribution in [1.29, 1.82) is 0 Å². The number of amides is 1. The first-order valence-corrected chi connectivity index (χ1v) is 5.78. The minimum atomic E-state index is -1.08. The highest BCUT2D eigenvalue weighted by Gasteiger charge is 2.39. The molecular formula is C13H15NO4. The van der Waals surface area contributed by atoms with Crippen molar-refractivity contribution in [2.75, 3.05) is 6.54 Å². The number of carbonyl (C=O) groups is 2. The molecule has 2 unspecified atom stereocenters. The van der Waals surface area contributed by atoms with E-state index >= 15 is 0 Å². The van der Waals surface area contributed by atoms with Gasteiger partial charge in [-0.2, -0.15) is 0 Å². The van der Waals surface area contributed by atoms with E-state index in [0.717, 1.165) is 5.56 Å². The predicted molar refractivity (Wildman–Crippen MR) is 64.3 cm³/mol. The number of aliphatic hydroxyl groups excluding tert-OH is 1. The fraction of sp³-hybridized carbons (Fsp3) is 0.385. The molecule has 1 amide bonds. The van der Waals surface area contributed by atoms with E-state index < -0.39 is 18.1 Å². The minimum absolute atomic E-state index is 0.0735. The second kappa shape index (κ2) is 4.78. The Morgan fingerprint density at radius 3 is 2.61 bits per heavy atom. The van der Waals surface area contributed by atoms with Gasteiger partial charge in [0, 0.05) is 18.5 Å². The molecule has 2 N–H and O–H groups in total. The summed E-state index contributed by atoms with van der Waals surface area (Å²) in [4.78, 5) is 24.6. The van der Waals surface area contributed by atoms with E-state index in [4.69, 9.17) is 5.11 Å². The Bertz CT molecular complexity index is 486. The van der Waals surface area contributed by atoms with Crippen LogP contribution >= 0.6 is 0 Å². The molecule has 1 aromatic rings. The summed E-state index contributed by atoms with van der Waals surface area (Å²) < 4.78 is 0. The van der Waals surface area contributed by atoms with Gasteiger partial charge in [-0.3, -0.25) is 4.79 Å². The predicted octanol–water partition coefficient (Wildman–Crippen LogP) is 0.655. The van der Waals surface area contributed by atoms with Gasteiger partial charge in [0.05, 0.1) is 6.10 Å². The van der Waals surface area contributed by atoms with Gasteiger partial charge >= 0.3 is 5.97 Å². The van der Waals surface area contributed by atoms with Crippen LogP contribution in [0.4, 0.5) is 0 Å². The Morgan fingerprint density at radius 2 is 2.00 bits per heavy atom. The Labute approximate surface area is 105 Å². The van der Waals surface area contributed by atoms with Gasteiger partial charge in [0.15, 0.2) is 0 Å². The Hall–Kier alpha value is -1.88. The number of benzene rings is 1. The van der Waals surface area contributed by atoms with Crippen molar-refractivity contribution in [1.82, 2.24) is 4.90 Å². The quantitative estimate of drug-likeness (QED) is 0.807. The number of aliphatic hydroxyl groups is 1. The molecule has 0 radical (unpaired) electrons. The zero-order valence-corrected chi connectivity index (χ0v) is 10.0. The van der Waals surface area contributed by atoms with E-state index in [1.807, 2.05) is 6.07 Å². The number of likely N-dealkylation sites (tertiary alicyclic amines) is 1. The summed E-state index contributed by atoms with van der Waals surface area (Å²) in [6.45, 7) is 1.87. The fourth-order valence-corrected chi connectivity index (χ4v) is 2.24. The number of carbonyl (C=O) groups excluding carboxylic acids is 1. The molecule has 2 rings (SSSR count). The standard InChI is InChI=1S/C13H15NO4/c1-8-4-2-3-5-10(8)12(16)14-7-9(15)6-11(14)13(17)18/h2-5,9,11,15H,6-7H2,1H3,(H,17,18). The molecule has 2 atom stereocenters. The Morgan fingerprint density at radius 1 is 1.33 bits per heavy atom. The number of hydrogen-bond acceptors (Lipinski definition) is 3. The first-order chi connectivity index (χ1) is 8.50. The fourth-order valence-electron chi connectivity index (χ4n) is 2.24. The molecule has 1 aliphatic heterocycles. The SMILES string of the molecule is Cc1ccccc1C(=O)N1CC(O)CC1C(=O)O. The van der Waals surface area contributed by atoms with Crippen molar-refractivity contribution in [2.24, 2.45) is 0 Å². The highest BCUT2D eigenvalue weighted by molar-refractivity contribution is 5.98. The van der Waals surface area contributed by atoms with E-state index in [0.29, 0.717) is 5.56 Å². The van der Waals surface area contributed by atoms with Crippen molar-refractivity contribution >= 4 is 11.9 Å². The van der Waals surface area contributed by atoms with Gasteiger partial charge in [0.2, 0.25) is 0 Å². The molecule has 1 saturated heterocycles. The number of aryl methyl sites for hydroxylation is 1. The summed E-state index contributed by atoms with van der Waals surface area (Å²) in [6.07, 6.45) is -0.675. The molecule has 1 aromatic carbocycles. The molecule has 1 fully saturated rings. The summed E-state index contributed by atoms with van der Waals surface area (Å²) in [5.41, 5.74) is 1.28. The number of rotatable bonds is 2. The van der Waals surface area contributed by atoms with Gasteiger partial charge in [-0.1, -0.05) is 18.2 Å². The maximum atomic E-state index is 12.3. The maximum Gasteiger partial charge on any atom is 0.326 e. The number of carboxylic acids is 1. The van der Waals surface area contributed by atoms with Crippen LogP contribution in [0, 0.1) is 6.92 Å². The molecule has 5 heteroatoms. The smallest absolute Gasteiger partial charge is 0.326 e. The lowest BCUT2D eigenvalue weighted by Crippen LogP contribution is -2.40. The first kappa shape index (κ1) is 12.6. The van der Waals surface area contributed by atoms with Crippen LogP contribution in [0.25, 0.3) is 0 Å². The van der Waals surface area contributed by atoms with Gasteiger partial charge in [-0.05, 0) is 18.6 Å². The maximum absolute atomic E-state index is 12.3. The third-order valence-corrected chi connectivity index (χ3v) is 3.20. The number of β-amino-alcohol motifs (C(OH)–C–C–N with tert-alkyl or cyclic N) is 1. The van der Waals surface area contributed by atoms with Crippen molar-refractivity contribution < 1.29 is 19.8 Å². The second-order valence-electron chi connectivity index (χ2n) is 4.52. The van der Waals surface area contributed by atoms with Crippen molar-refractivity contribution in [3.05, 3.63) is 35.4 Å². The second-order valence-corrected chi connectivity index (χ2v) is 4.52. The van der Waals surface area contributed by atoms with E-state index in [-0.39, 0.29) is 18.9 Å². The lowest BCUT2D eigenvalue weighted by molar-refractivity contribution is -0.141. The van der Waals surface area contributed by atoms with E-state index in [1.165, 1.54) is 4.90 Å². The average Bonchev–Trinajstić information content (AvgIpc) is 2.71. The van der Waals surface area contributed by atoms with Gasteiger partial charge in [0.25, 0.3) is 5.91 Å². The molecule has 96 valence electrons. The van der Waals surface area contributed by atoms with E-state index in [2.05, 4.69) is 0 Å². The zero-order chi connectivity index (χ0) is 13.3. The Kier molecular flexibility index (Phi) is 3.34. The summed E-state index contributed by atoms with van der Waals surface area (Å²) in [6, 6.07) is 6.09. The Balaban J connectivity index is 2.28. The lowest BCUT2D eigenvalue weighted by Gasteiger charge is -2.21. The summed E-state index contributed by atoms with van der Waals surface area (Å²) >= 11 is 0. The lowest BCUT2D eigenvalue weighted by atomic mass is 10.1. The zero-order valence-electron chi connectivity index (χ0n) is 10.0. The summed E-state index contributed by atoms with van der Waals surface area (Å²) in [7, 11) is 0. The van der Waals surface area contributed by atoms with Crippen LogP contribution in [0.2, 0.25) is 0 Å². The minimum Gasteiger partial charge on any atom is -0.480 e. The third kappa shape index (κ3) is 2.22. The van der Waals surface area contributed by atoms with Gasteiger partial charge < -0.3 is 15.1 Å². The van der Waals surface area contributed by atoms with E-state index in [9.17, 15) is 14.7 Å². The number of carboxylic acid groups (broad SMARTS) is 1. The monoisotopic (exact) mass is 249 g/mol. The molecule has 1 aliphatic rings. The molecule has 0 bridgehead atoms. The van der Waals surface area contributed by atoms with Crippen molar-refractivity contribution in [3.63, 3.8) is 0 Å². The summed E-state index contributed by atoms with van der Waals surface area (Å²) in [5, 5.41) is 18.6. The molecule has 0 spiro atoms. The topological polar surface area (TPSA) is 77.8 Å². The summed E-state index contributed by atoms with van der Waals surface area (Å²) in [5.74, 6) is -1.41. The molecule has 5 nitrogen and oxygen atoms in total. The number of aliphatic carboxylic acids is 1. The average molecular weight is 249 g/mol. The number of nitrogens with zero attached hydrogens (tertiary/aromatic N) is 1. The van der Waals surface area contributed by atoms with E-state index in [1.54, 1.807) is 25.1 Å². The largest absolute Gasteiger partial charge is 0.480 e. The van der Waals surface area contributed by atoms with Crippen LogP contribution in [-0.2, 0) is 4.79 Å². The van der Waals surface area contributed by atoms with Crippen LogP contribution in [0.3, 0.4) is 0 Å². The highest BCUT2D eigenvalue weighted by Crippen LogP contribution is 2.22. The van der Waals surface area contributed by atoms with Crippen LogP contribution in [0.1, 0.15) is 22.3 Å². The first-order valence-electron chi connectivity index (χ1n) is 5.78. The van der Waals surface area contributed by atoms with Crippen LogP contribution in [0.5, 0.6) is 0 Å². The van der Waals surface area contributed by atoms with Crippen molar-refractivity contribution in [3.8, 4) is 0 Å². The normalized spacial score (nSPS) is 23.1. The third-order valence-electron chi connectivity index (χ3n) is 3.20. The molecule has 0 aromatic heterocycles. The van der Waals surface area contributed by atoms with Gasteiger partial charge in [0.1, 0.15) is 6.04 Å². The molecule has 0 aliphatic carbocycles. The van der Waals surface area contributed by atoms with Gasteiger partial charge in [-0.25, -0.2) is 4.79 Å². The molecule has 18 heavy (non-hydrogen) atoms.